The summed E-state index contributed by atoms with van der Waals surface area (Å²) in [7, 11) is 0. The van der Waals surface area contributed by atoms with Crippen molar-refractivity contribution >= 4 is 17.6 Å². The molecular weight excluding hydrogens is 309 g/mol. The maximum Gasteiger partial charge on any atom is 0.391 e. The Bertz CT molecular complexity index is 487. The van der Waals surface area contributed by atoms with Gasteiger partial charge in [0.15, 0.2) is 0 Å². The third kappa shape index (κ3) is 5.55. The molecule has 116 valence electrons. The molecule has 1 fully saturated rings. The van der Waals surface area contributed by atoms with Gasteiger partial charge < -0.3 is 9.47 Å². The molecule has 0 amide bonds. The highest BCUT2D eigenvalue weighted by Crippen LogP contribution is 2.36. The van der Waals surface area contributed by atoms with Crippen molar-refractivity contribution in [3.8, 4) is 0 Å². The molecular formula is C14H14ClF3O3. The van der Waals surface area contributed by atoms with Crippen LogP contribution in [0.25, 0.3) is 0 Å². The van der Waals surface area contributed by atoms with Crippen LogP contribution in [0.3, 0.4) is 0 Å². The van der Waals surface area contributed by atoms with Gasteiger partial charge in [0.25, 0.3) is 0 Å². The van der Waals surface area contributed by atoms with Gasteiger partial charge in [0.1, 0.15) is 0 Å². The first-order valence-electron chi connectivity index (χ1n) is 6.50. The lowest BCUT2D eigenvalue weighted by atomic mass is 10.1. The molecule has 1 aliphatic heterocycles. The monoisotopic (exact) mass is 322 g/mol. The fourth-order valence-corrected chi connectivity index (χ4v) is 2.09. The minimum absolute atomic E-state index is 0.153. The van der Waals surface area contributed by atoms with Gasteiger partial charge in [0, 0.05) is 5.02 Å². The van der Waals surface area contributed by atoms with E-state index in [4.69, 9.17) is 21.1 Å². The minimum atomic E-state index is -4.19. The fourth-order valence-electron chi connectivity index (χ4n) is 1.96. The smallest absolute Gasteiger partial charge is 0.391 e. The first-order valence-corrected chi connectivity index (χ1v) is 6.88. The molecule has 1 aromatic carbocycles. The Morgan fingerprint density at radius 2 is 1.90 bits per heavy atom. The largest absolute Gasteiger partial charge is 0.462 e. The second kappa shape index (κ2) is 6.66. The number of rotatable bonds is 6. The van der Waals surface area contributed by atoms with Crippen LogP contribution in [0.4, 0.5) is 13.2 Å². The van der Waals surface area contributed by atoms with Crippen LogP contribution in [0.2, 0.25) is 5.02 Å². The van der Waals surface area contributed by atoms with E-state index < -0.39 is 24.7 Å². The summed E-state index contributed by atoms with van der Waals surface area (Å²) in [5, 5.41) is 0.521. The molecule has 2 atom stereocenters. The Balaban J connectivity index is 1.60. The van der Waals surface area contributed by atoms with Gasteiger partial charge in [-0.1, -0.05) is 11.6 Å². The zero-order valence-corrected chi connectivity index (χ0v) is 11.8. The van der Waals surface area contributed by atoms with Crippen LogP contribution in [0.1, 0.15) is 29.6 Å². The number of hydrogen-bond donors (Lipinski definition) is 0. The maximum absolute atomic E-state index is 12.1. The SMILES string of the molecule is O=C(OCCCC1OC1CC(F)(F)F)c1ccc(Cl)cc1. The van der Waals surface area contributed by atoms with E-state index in [9.17, 15) is 18.0 Å². The molecule has 1 saturated heterocycles. The van der Waals surface area contributed by atoms with Gasteiger partial charge in [-0.2, -0.15) is 13.2 Å². The van der Waals surface area contributed by atoms with Gasteiger partial charge in [-0.25, -0.2) is 4.79 Å². The molecule has 1 heterocycles. The van der Waals surface area contributed by atoms with Crippen LogP contribution in [0.5, 0.6) is 0 Å². The maximum atomic E-state index is 12.1. The summed E-state index contributed by atoms with van der Waals surface area (Å²) in [6, 6.07) is 6.26. The minimum Gasteiger partial charge on any atom is -0.462 e. The first-order chi connectivity index (χ1) is 9.85. The van der Waals surface area contributed by atoms with Crippen molar-refractivity contribution in [3.05, 3.63) is 34.9 Å². The molecule has 2 unspecified atom stereocenters. The summed E-state index contributed by atoms with van der Waals surface area (Å²) in [6.07, 6.45) is -5.30. The number of benzene rings is 1. The van der Waals surface area contributed by atoms with E-state index in [2.05, 4.69) is 0 Å². The van der Waals surface area contributed by atoms with Crippen LogP contribution in [-0.4, -0.2) is 31.0 Å². The number of epoxide rings is 1. The van der Waals surface area contributed by atoms with E-state index in [-0.39, 0.29) is 12.7 Å². The zero-order chi connectivity index (χ0) is 15.5. The van der Waals surface area contributed by atoms with Gasteiger partial charge in [0.2, 0.25) is 0 Å². The van der Waals surface area contributed by atoms with E-state index in [1.165, 1.54) is 0 Å². The summed E-state index contributed by atoms with van der Waals surface area (Å²) in [5.74, 6) is -0.477. The van der Waals surface area contributed by atoms with Gasteiger partial charge >= 0.3 is 12.1 Å². The molecule has 21 heavy (non-hydrogen) atoms. The average molecular weight is 323 g/mol. The van der Waals surface area contributed by atoms with E-state index in [1.807, 2.05) is 0 Å². The van der Waals surface area contributed by atoms with Crippen molar-refractivity contribution in [2.24, 2.45) is 0 Å². The second-order valence-electron chi connectivity index (χ2n) is 4.82. The van der Waals surface area contributed by atoms with E-state index in [0.29, 0.717) is 23.4 Å². The molecule has 2 rings (SSSR count). The molecule has 1 aliphatic rings. The molecule has 0 aromatic heterocycles. The third-order valence-corrected chi connectivity index (χ3v) is 3.32. The predicted molar refractivity (Wildman–Crippen MR) is 70.3 cm³/mol. The Labute approximate surface area is 125 Å². The number of ether oxygens (including phenoxy) is 2. The summed E-state index contributed by atoms with van der Waals surface area (Å²) in [4.78, 5) is 11.6. The normalized spacial score (nSPS) is 21.1. The highest BCUT2D eigenvalue weighted by Gasteiger charge is 2.46. The number of alkyl halides is 3. The Morgan fingerprint density at radius 1 is 1.24 bits per heavy atom. The molecule has 0 aliphatic carbocycles. The second-order valence-corrected chi connectivity index (χ2v) is 5.25. The van der Waals surface area contributed by atoms with Crippen LogP contribution < -0.4 is 0 Å². The van der Waals surface area contributed by atoms with E-state index in [1.54, 1.807) is 24.3 Å². The summed E-state index contributed by atoms with van der Waals surface area (Å²) in [5.41, 5.74) is 0.386. The topological polar surface area (TPSA) is 38.8 Å². The molecule has 0 saturated carbocycles. The molecule has 1 aromatic rings. The first kappa shape index (κ1) is 16.1. The quantitative estimate of drug-likeness (QED) is 0.451. The molecule has 0 spiro atoms. The summed E-state index contributed by atoms with van der Waals surface area (Å²) >= 11 is 5.70. The number of esters is 1. The fraction of sp³-hybridized carbons (Fsp3) is 0.500. The number of carbonyl (C=O) groups is 1. The van der Waals surface area contributed by atoms with Crippen molar-refractivity contribution in [2.75, 3.05) is 6.61 Å². The van der Waals surface area contributed by atoms with E-state index >= 15 is 0 Å². The predicted octanol–water partition coefficient (Wildman–Crippen LogP) is 4.00. The lowest BCUT2D eigenvalue weighted by Gasteiger charge is -2.04. The van der Waals surface area contributed by atoms with Crippen molar-refractivity contribution in [1.82, 2.24) is 0 Å². The Kier molecular flexibility index (Phi) is 5.11. The highest BCUT2D eigenvalue weighted by atomic mass is 35.5. The van der Waals surface area contributed by atoms with Crippen molar-refractivity contribution in [2.45, 2.75) is 37.6 Å². The van der Waals surface area contributed by atoms with Gasteiger partial charge in [-0.3, -0.25) is 0 Å². The summed E-state index contributed by atoms with van der Waals surface area (Å²) in [6.45, 7) is 0.153. The summed E-state index contributed by atoms with van der Waals surface area (Å²) < 4.78 is 46.2. The average Bonchev–Trinajstić information content (AvgIpc) is 3.11. The lowest BCUT2D eigenvalue weighted by molar-refractivity contribution is -0.137. The zero-order valence-electron chi connectivity index (χ0n) is 11.0. The van der Waals surface area contributed by atoms with Crippen molar-refractivity contribution in [3.63, 3.8) is 0 Å². The van der Waals surface area contributed by atoms with Crippen molar-refractivity contribution in [1.29, 1.82) is 0 Å². The number of halogens is 4. The van der Waals surface area contributed by atoms with Gasteiger partial charge in [0.05, 0.1) is 30.8 Å². The highest BCUT2D eigenvalue weighted by molar-refractivity contribution is 6.30. The number of hydrogen-bond acceptors (Lipinski definition) is 3. The molecule has 0 bridgehead atoms. The van der Waals surface area contributed by atoms with Gasteiger partial charge in [-0.15, -0.1) is 0 Å². The molecule has 0 radical (unpaired) electrons. The van der Waals surface area contributed by atoms with Gasteiger partial charge in [-0.05, 0) is 37.1 Å². The van der Waals surface area contributed by atoms with Crippen LogP contribution in [-0.2, 0) is 9.47 Å². The third-order valence-electron chi connectivity index (χ3n) is 3.07. The Morgan fingerprint density at radius 3 is 2.52 bits per heavy atom. The van der Waals surface area contributed by atoms with Crippen LogP contribution in [0, 0.1) is 0 Å². The van der Waals surface area contributed by atoms with Crippen molar-refractivity contribution < 1.29 is 27.4 Å². The molecule has 7 heteroatoms. The van der Waals surface area contributed by atoms with E-state index in [0.717, 1.165) is 0 Å². The molecule has 3 nitrogen and oxygen atoms in total. The number of carbonyl (C=O) groups excluding carboxylic acids is 1. The Hall–Kier alpha value is -1.27. The van der Waals surface area contributed by atoms with Crippen LogP contribution in [0.15, 0.2) is 24.3 Å². The standard InChI is InChI=1S/C14H14ClF3O3/c15-10-5-3-9(4-6-10)13(19)20-7-1-2-11-12(21-11)8-14(16,17)18/h3-6,11-12H,1-2,7-8H2. The molecule has 0 N–H and O–H groups in total. The lowest BCUT2D eigenvalue weighted by Crippen LogP contribution is -2.12. The van der Waals surface area contributed by atoms with Crippen LogP contribution >= 0.6 is 11.6 Å².